The molecule has 2 rings (SSSR count). The SMILES string of the molecule is CCCC(OC)c1nc(-c2ccccc2)cc(=O)[nH]1. The molecule has 1 heterocycles. The first-order valence-electron chi connectivity index (χ1n) is 6.44. The van der Waals surface area contributed by atoms with Gasteiger partial charge < -0.3 is 9.72 Å². The van der Waals surface area contributed by atoms with Crippen LogP contribution in [0.3, 0.4) is 0 Å². The Morgan fingerprint density at radius 2 is 2.05 bits per heavy atom. The topological polar surface area (TPSA) is 55.0 Å². The van der Waals surface area contributed by atoms with Gasteiger partial charge in [0.25, 0.3) is 5.56 Å². The van der Waals surface area contributed by atoms with Gasteiger partial charge in [0.15, 0.2) is 0 Å². The number of ether oxygens (including phenoxy) is 1. The molecule has 0 saturated heterocycles. The van der Waals surface area contributed by atoms with Crippen molar-refractivity contribution < 1.29 is 4.74 Å². The fourth-order valence-electron chi connectivity index (χ4n) is 2.01. The molecule has 2 aromatic rings. The number of nitrogens with zero attached hydrogens (tertiary/aromatic N) is 1. The number of nitrogens with one attached hydrogen (secondary N) is 1. The lowest BCUT2D eigenvalue weighted by atomic mass is 10.1. The Morgan fingerprint density at radius 3 is 2.68 bits per heavy atom. The molecule has 19 heavy (non-hydrogen) atoms. The number of hydrogen-bond donors (Lipinski definition) is 1. The van der Waals surface area contributed by atoms with Crippen molar-refractivity contribution in [1.29, 1.82) is 0 Å². The summed E-state index contributed by atoms with van der Waals surface area (Å²) in [6.45, 7) is 2.07. The van der Waals surface area contributed by atoms with Gasteiger partial charge in [-0.05, 0) is 6.42 Å². The van der Waals surface area contributed by atoms with E-state index in [4.69, 9.17) is 4.74 Å². The van der Waals surface area contributed by atoms with Crippen molar-refractivity contribution in [1.82, 2.24) is 9.97 Å². The van der Waals surface area contributed by atoms with E-state index in [0.29, 0.717) is 11.5 Å². The number of hydrogen-bond acceptors (Lipinski definition) is 3. The van der Waals surface area contributed by atoms with Crippen molar-refractivity contribution in [3.63, 3.8) is 0 Å². The van der Waals surface area contributed by atoms with Gasteiger partial charge in [-0.2, -0.15) is 0 Å². The van der Waals surface area contributed by atoms with Gasteiger partial charge in [0.05, 0.1) is 5.69 Å². The van der Waals surface area contributed by atoms with Crippen molar-refractivity contribution in [2.24, 2.45) is 0 Å². The smallest absolute Gasteiger partial charge is 0.251 e. The minimum absolute atomic E-state index is 0.151. The summed E-state index contributed by atoms with van der Waals surface area (Å²) in [5.74, 6) is 0.593. The zero-order valence-corrected chi connectivity index (χ0v) is 11.2. The van der Waals surface area contributed by atoms with Gasteiger partial charge in [0, 0.05) is 18.7 Å². The molecule has 0 aliphatic carbocycles. The van der Waals surface area contributed by atoms with E-state index in [1.807, 2.05) is 30.3 Å². The normalized spacial score (nSPS) is 12.3. The molecular formula is C15H18N2O2. The van der Waals surface area contributed by atoms with E-state index < -0.39 is 0 Å². The van der Waals surface area contributed by atoms with Crippen molar-refractivity contribution in [2.45, 2.75) is 25.9 Å². The molecular weight excluding hydrogens is 240 g/mol. The zero-order valence-electron chi connectivity index (χ0n) is 11.2. The molecule has 0 fully saturated rings. The van der Waals surface area contributed by atoms with Crippen LogP contribution in [-0.2, 0) is 4.74 Å². The van der Waals surface area contributed by atoms with Crippen LogP contribution in [-0.4, -0.2) is 17.1 Å². The average molecular weight is 258 g/mol. The van der Waals surface area contributed by atoms with E-state index in [9.17, 15) is 4.79 Å². The lowest BCUT2D eigenvalue weighted by molar-refractivity contribution is 0.0875. The molecule has 0 saturated carbocycles. The first-order chi connectivity index (χ1) is 9.24. The monoisotopic (exact) mass is 258 g/mol. The van der Waals surface area contributed by atoms with E-state index in [1.165, 1.54) is 6.07 Å². The molecule has 1 aromatic heterocycles. The predicted molar refractivity (Wildman–Crippen MR) is 75.0 cm³/mol. The highest BCUT2D eigenvalue weighted by atomic mass is 16.5. The Morgan fingerprint density at radius 1 is 1.32 bits per heavy atom. The highest BCUT2D eigenvalue weighted by Gasteiger charge is 2.13. The molecule has 1 aromatic carbocycles. The number of H-pyrrole nitrogens is 1. The molecule has 100 valence electrons. The summed E-state index contributed by atoms with van der Waals surface area (Å²) in [7, 11) is 1.63. The maximum atomic E-state index is 11.8. The molecule has 4 heteroatoms. The highest BCUT2D eigenvalue weighted by Crippen LogP contribution is 2.20. The van der Waals surface area contributed by atoms with Crippen LogP contribution in [0.25, 0.3) is 11.3 Å². The van der Waals surface area contributed by atoms with E-state index in [-0.39, 0.29) is 11.7 Å². The number of aromatic nitrogens is 2. The molecule has 1 N–H and O–H groups in total. The molecule has 1 unspecified atom stereocenters. The van der Waals surface area contributed by atoms with Crippen LogP contribution in [0, 0.1) is 0 Å². The molecule has 0 aliphatic heterocycles. The third-order valence-corrected chi connectivity index (χ3v) is 2.97. The largest absolute Gasteiger partial charge is 0.374 e. The van der Waals surface area contributed by atoms with Crippen molar-refractivity contribution in [3.05, 3.63) is 52.6 Å². The summed E-state index contributed by atoms with van der Waals surface area (Å²) in [6, 6.07) is 11.2. The minimum Gasteiger partial charge on any atom is -0.374 e. The lowest BCUT2D eigenvalue weighted by Gasteiger charge is -2.14. The maximum Gasteiger partial charge on any atom is 0.251 e. The number of methoxy groups -OCH3 is 1. The molecule has 0 bridgehead atoms. The van der Waals surface area contributed by atoms with Crippen molar-refractivity contribution in [3.8, 4) is 11.3 Å². The standard InChI is InChI=1S/C15H18N2O2/c1-3-7-13(19-2)15-16-12(10-14(18)17-15)11-8-5-4-6-9-11/h4-6,8-10,13H,3,7H2,1-2H3,(H,16,17,18). The highest BCUT2D eigenvalue weighted by molar-refractivity contribution is 5.58. The van der Waals surface area contributed by atoms with Gasteiger partial charge in [-0.25, -0.2) is 4.98 Å². The fourth-order valence-corrected chi connectivity index (χ4v) is 2.01. The third-order valence-electron chi connectivity index (χ3n) is 2.97. The van der Waals surface area contributed by atoms with E-state index in [2.05, 4.69) is 16.9 Å². The third kappa shape index (κ3) is 3.29. The predicted octanol–water partition coefficient (Wildman–Crippen LogP) is 2.92. The van der Waals surface area contributed by atoms with Crippen LogP contribution in [0.4, 0.5) is 0 Å². The van der Waals surface area contributed by atoms with E-state index >= 15 is 0 Å². The summed E-state index contributed by atoms with van der Waals surface area (Å²) in [5.41, 5.74) is 1.46. The first-order valence-corrected chi connectivity index (χ1v) is 6.44. The Hall–Kier alpha value is -1.94. The summed E-state index contributed by atoms with van der Waals surface area (Å²) in [6.07, 6.45) is 1.64. The van der Waals surface area contributed by atoms with Crippen LogP contribution in [0.2, 0.25) is 0 Å². The van der Waals surface area contributed by atoms with Crippen molar-refractivity contribution in [2.75, 3.05) is 7.11 Å². The second-order valence-electron chi connectivity index (χ2n) is 4.39. The molecule has 0 aliphatic rings. The molecule has 0 amide bonds. The van der Waals surface area contributed by atoms with Crippen LogP contribution in [0.5, 0.6) is 0 Å². The lowest BCUT2D eigenvalue weighted by Crippen LogP contribution is -2.15. The maximum absolute atomic E-state index is 11.8. The van der Waals surface area contributed by atoms with Gasteiger partial charge in [-0.3, -0.25) is 4.79 Å². The minimum atomic E-state index is -0.165. The molecule has 4 nitrogen and oxygen atoms in total. The number of rotatable bonds is 5. The number of benzene rings is 1. The Bertz CT molecular complexity index is 578. The Kier molecular flexibility index (Phi) is 4.47. The molecule has 0 spiro atoms. The number of aromatic amines is 1. The fraction of sp³-hybridized carbons (Fsp3) is 0.333. The summed E-state index contributed by atoms with van der Waals surface area (Å²) in [5, 5.41) is 0. The second-order valence-corrected chi connectivity index (χ2v) is 4.39. The summed E-state index contributed by atoms with van der Waals surface area (Å²) in [4.78, 5) is 19.0. The Balaban J connectivity index is 2.42. The van der Waals surface area contributed by atoms with Crippen LogP contribution in [0.1, 0.15) is 31.7 Å². The van der Waals surface area contributed by atoms with Gasteiger partial charge in [-0.15, -0.1) is 0 Å². The summed E-state index contributed by atoms with van der Waals surface area (Å²) >= 11 is 0. The van der Waals surface area contributed by atoms with E-state index in [0.717, 1.165) is 18.4 Å². The Labute approximate surface area is 112 Å². The zero-order chi connectivity index (χ0) is 13.7. The van der Waals surface area contributed by atoms with Crippen molar-refractivity contribution >= 4 is 0 Å². The summed E-state index contributed by atoms with van der Waals surface area (Å²) < 4.78 is 5.39. The van der Waals surface area contributed by atoms with Gasteiger partial charge >= 0.3 is 0 Å². The quantitative estimate of drug-likeness (QED) is 0.897. The van der Waals surface area contributed by atoms with Crippen LogP contribution in [0.15, 0.2) is 41.2 Å². The molecule has 1 atom stereocenters. The van der Waals surface area contributed by atoms with Crippen LogP contribution >= 0.6 is 0 Å². The van der Waals surface area contributed by atoms with Gasteiger partial charge in [-0.1, -0.05) is 43.7 Å². The first kappa shape index (κ1) is 13.5. The second kappa shape index (κ2) is 6.29. The van der Waals surface area contributed by atoms with Gasteiger partial charge in [0.2, 0.25) is 0 Å². The molecule has 0 radical (unpaired) electrons. The van der Waals surface area contributed by atoms with Crippen LogP contribution < -0.4 is 5.56 Å². The average Bonchev–Trinajstić information content (AvgIpc) is 2.45. The van der Waals surface area contributed by atoms with Gasteiger partial charge in [0.1, 0.15) is 11.9 Å². The van der Waals surface area contributed by atoms with E-state index in [1.54, 1.807) is 7.11 Å².